The Morgan fingerprint density at radius 3 is 2.50 bits per heavy atom. The zero-order chi connectivity index (χ0) is 14.5. The molecule has 106 valence electrons. The number of nitrogens with two attached hydrogens (primary N) is 1. The van der Waals surface area contributed by atoms with Gasteiger partial charge in [0.1, 0.15) is 18.1 Å². The average Bonchev–Trinajstić information content (AvgIpc) is 2.46. The third-order valence-electron chi connectivity index (χ3n) is 3.11. The van der Waals surface area contributed by atoms with Crippen LogP contribution >= 0.6 is 15.9 Å². The molecule has 2 aromatic rings. The lowest BCUT2D eigenvalue weighted by molar-refractivity contribution is 0.298. The highest BCUT2D eigenvalue weighted by Crippen LogP contribution is 2.27. The molecular weight excluding hydrogens is 318 g/mol. The molecule has 0 bridgehead atoms. The van der Waals surface area contributed by atoms with E-state index in [9.17, 15) is 0 Å². The topological polar surface area (TPSA) is 44.5 Å². The van der Waals surface area contributed by atoms with Gasteiger partial charge in [0.2, 0.25) is 0 Å². The molecule has 0 atom stereocenters. The van der Waals surface area contributed by atoms with Gasteiger partial charge in [-0.3, -0.25) is 0 Å². The molecule has 0 aliphatic carbocycles. The number of halogens is 1. The highest BCUT2D eigenvalue weighted by atomic mass is 79.9. The Balaban J connectivity index is 2.14. The molecule has 20 heavy (non-hydrogen) atoms. The van der Waals surface area contributed by atoms with Crippen LogP contribution in [0.4, 0.5) is 5.69 Å². The predicted octanol–water partition coefficient (Wildman–Crippen LogP) is 4.18. The summed E-state index contributed by atoms with van der Waals surface area (Å²) in [6.45, 7) is 2.51. The van der Waals surface area contributed by atoms with Crippen LogP contribution in [-0.2, 0) is 13.0 Å². The van der Waals surface area contributed by atoms with E-state index in [1.807, 2.05) is 36.4 Å². The van der Waals surface area contributed by atoms with Crippen molar-refractivity contribution in [1.82, 2.24) is 0 Å². The first-order valence-corrected chi connectivity index (χ1v) is 7.27. The molecule has 0 fully saturated rings. The lowest BCUT2D eigenvalue weighted by Gasteiger charge is -2.12. The van der Waals surface area contributed by atoms with Crippen LogP contribution in [0.2, 0.25) is 0 Å². The lowest BCUT2D eigenvalue weighted by atomic mass is 10.1. The van der Waals surface area contributed by atoms with Crippen LogP contribution in [0.3, 0.4) is 0 Å². The first kappa shape index (κ1) is 14.7. The Morgan fingerprint density at radius 2 is 1.85 bits per heavy atom. The molecule has 2 aromatic carbocycles. The SMILES string of the molecule is CCc1ccc(OCc2cc(Br)ccc2OC)c(N)c1. The molecule has 0 aliphatic rings. The molecule has 0 aliphatic heterocycles. The minimum atomic E-state index is 0.415. The van der Waals surface area contributed by atoms with Gasteiger partial charge in [0.05, 0.1) is 12.8 Å². The van der Waals surface area contributed by atoms with Crippen molar-refractivity contribution in [3.8, 4) is 11.5 Å². The molecule has 0 unspecified atom stereocenters. The number of ether oxygens (including phenoxy) is 2. The Kier molecular flexibility index (Phi) is 4.90. The van der Waals surface area contributed by atoms with E-state index in [1.165, 1.54) is 5.56 Å². The fourth-order valence-electron chi connectivity index (χ4n) is 1.96. The minimum Gasteiger partial charge on any atom is -0.496 e. The minimum absolute atomic E-state index is 0.415. The molecule has 2 rings (SSSR count). The van der Waals surface area contributed by atoms with Gasteiger partial charge in [0.25, 0.3) is 0 Å². The van der Waals surface area contributed by atoms with Gasteiger partial charge >= 0.3 is 0 Å². The number of anilines is 1. The number of aryl methyl sites for hydroxylation is 1. The maximum Gasteiger partial charge on any atom is 0.142 e. The van der Waals surface area contributed by atoms with Crippen LogP contribution < -0.4 is 15.2 Å². The maximum absolute atomic E-state index is 6.00. The van der Waals surface area contributed by atoms with Crippen molar-refractivity contribution in [1.29, 1.82) is 0 Å². The first-order chi connectivity index (χ1) is 9.63. The number of hydrogen-bond acceptors (Lipinski definition) is 3. The molecule has 0 amide bonds. The monoisotopic (exact) mass is 335 g/mol. The van der Waals surface area contributed by atoms with E-state index in [-0.39, 0.29) is 0 Å². The summed E-state index contributed by atoms with van der Waals surface area (Å²) in [6, 6.07) is 11.7. The summed E-state index contributed by atoms with van der Waals surface area (Å²) in [6.07, 6.45) is 0.962. The Morgan fingerprint density at radius 1 is 1.10 bits per heavy atom. The van der Waals surface area contributed by atoms with E-state index in [2.05, 4.69) is 22.9 Å². The summed E-state index contributed by atoms with van der Waals surface area (Å²) in [7, 11) is 1.65. The number of methoxy groups -OCH3 is 1. The number of rotatable bonds is 5. The van der Waals surface area contributed by atoms with Crippen LogP contribution in [0, 0.1) is 0 Å². The molecule has 0 radical (unpaired) electrons. The fourth-order valence-corrected chi connectivity index (χ4v) is 2.37. The Labute approximate surface area is 127 Å². The second-order valence-corrected chi connectivity index (χ2v) is 5.39. The Bertz CT molecular complexity index is 599. The van der Waals surface area contributed by atoms with E-state index < -0.39 is 0 Å². The van der Waals surface area contributed by atoms with Crippen LogP contribution in [0.5, 0.6) is 11.5 Å². The van der Waals surface area contributed by atoms with Gasteiger partial charge < -0.3 is 15.2 Å². The van der Waals surface area contributed by atoms with Gasteiger partial charge in [-0.15, -0.1) is 0 Å². The molecule has 0 saturated heterocycles. The van der Waals surface area contributed by atoms with Crippen LogP contribution in [0.15, 0.2) is 40.9 Å². The van der Waals surface area contributed by atoms with Crippen LogP contribution in [0.25, 0.3) is 0 Å². The van der Waals surface area contributed by atoms with Crippen LogP contribution in [0.1, 0.15) is 18.1 Å². The molecule has 0 aromatic heterocycles. The summed E-state index contributed by atoms with van der Waals surface area (Å²) in [5.41, 5.74) is 8.84. The van der Waals surface area contributed by atoms with Crippen molar-refractivity contribution in [3.63, 3.8) is 0 Å². The van der Waals surface area contributed by atoms with Crippen molar-refractivity contribution in [2.45, 2.75) is 20.0 Å². The van der Waals surface area contributed by atoms with Gasteiger partial charge in [0, 0.05) is 10.0 Å². The molecular formula is C16H18BrNO2. The number of benzene rings is 2. The van der Waals surface area contributed by atoms with Crippen molar-refractivity contribution in [2.24, 2.45) is 0 Å². The van der Waals surface area contributed by atoms with Gasteiger partial charge in [-0.25, -0.2) is 0 Å². The fraction of sp³-hybridized carbons (Fsp3) is 0.250. The molecule has 2 N–H and O–H groups in total. The summed E-state index contributed by atoms with van der Waals surface area (Å²) < 4.78 is 12.1. The predicted molar refractivity (Wildman–Crippen MR) is 85.3 cm³/mol. The Hall–Kier alpha value is -1.68. The van der Waals surface area contributed by atoms with Gasteiger partial charge in [-0.1, -0.05) is 28.9 Å². The average molecular weight is 336 g/mol. The molecule has 0 spiro atoms. The summed E-state index contributed by atoms with van der Waals surface area (Å²) in [5.74, 6) is 1.50. The van der Waals surface area contributed by atoms with Crippen molar-refractivity contribution < 1.29 is 9.47 Å². The van der Waals surface area contributed by atoms with Crippen molar-refractivity contribution in [2.75, 3.05) is 12.8 Å². The summed E-state index contributed by atoms with van der Waals surface area (Å²) in [5, 5.41) is 0. The zero-order valence-electron chi connectivity index (χ0n) is 11.7. The third kappa shape index (κ3) is 3.45. The molecule has 0 heterocycles. The van der Waals surface area contributed by atoms with Gasteiger partial charge in [-0.2, -0.15) is 0 Å². The van der Waals surface area contributed by atoms with Gasteiger partial charge in [0.15, 0.2) is 0 Å². The molecule has 0 saturated carbocycles. The number of hydrogen-bond donors (Lipinski definition) is 1. The van der Waals surface area contributed by atoms with E-state index in [1.54, 1.807) is 7.11 Å². The second kappa shape index (κ2) is 6.66. The molecule has 3 nitrogen and oxygen atoms in total. The smallest absolute Gasteiger partial charge is 0.142 e. The van der Waals surface area contributed by atoms with Crippen molar-refractivity contribution >= 4 is 21.6 Å². The summed E-state index contributed by atoms with van der Waals surface area (Å²) in [4.78, 5) is 0. The highest BCUT2D eigenvalue weighted by Gasteiger charge is 2.07. The standard InChI is InChI=1S/C16H18BrNO2/c1-3-11-4-6-16(14(18)8-11)20-10-12-9-13(17)5-7-15(12)19-2/h4-9H,3,10,18H2,1-2H3. The zero-order valence-corrected chi connectivity index (χ0v) is 13.2. The van der Waals surface area contributed by atoms with E-state index in [4.69, 9.17) is 15.2 Å². The van der Waals surface area contributed by atoms with E-state index >= 15 is 0 Å². The summed E-state index contributed by atoms with van der Waals surface area (Å²) >= 11 is 3.45. The quantitative estimate of drug-likeness (QED) is 0.833. The maximum atomic E-state index is 6.00. The second-order valence-electron chi connectivity index (χ2n) is 4.47. The highest BCUT2D eigenvalue weighted by molar-refractivity contribution is 9.10. The normalized spacial score (nSPS) is 10.3. The van der Waals surface area contributed by atoms with E-state index in [0.717, 1.165) is 22.2 Å². The largest absolute Gasteiger partial charge is 0.496 e. The third-order valence-corrected chi connectivity index (χ3v) is 3.60. The molecule has 4 heteroatoms. The van der Waals surface area contributed by atoms with Crippen LogP contribution in [-0.4, -0.2) is 7.11 Å². The number of nitrogen functional groups attached to an aromatic ring is 1. The lowest BCUT2D eigenvalue weighted by Crippen LogP contribution is -2.01. The van der Waals surface area contributed by atoms with Gasteiger partial charge in [-0.05, 0) is 42.3 Å². The first-order valence-electron chi connectivity index (χ1n) is 6.47. The van der Waals surface area contributed by atoms with Crippen molar-refractivity contribution in [3.05, 3.63) is 52.0 Å². The van der Waals surface area contributed by atoms with E-state index in [0.29, 0.717) is 18.0 Å².